The van der Waals surface area contributed by atoms with Crippen LogP contribution in [0.1, 0.15) is 32.4 Å². The van der Waals surface area contributed by atoms with Gasteiger partial charge in [0.1, 0.15) is 0 Å². The van der Waals surface area contributed by atoms with Gasteiger partial charge in [0.15, 0.2) is 0 Å². The number of rotatable bonds is 6. The Morgan fingerprint density at radius 1 is 0.912 bits per heavy atom. The van der Waals surface area contributed by atoms with Crippen molar-refractivity contribution < 1.29 is 22.8 Å². The van der Waals surface area contributed by atoms with Crippen LogP contribution in [0.4, 0.5) is 13.2 Å². The number of carbonyl (C=O) groups excluding carboxylic acids is 2. The zero-order chi connectivity index (χ0) is 24.1. The molecule has 0 bridgehead atoms. The molecule has 1 unspecified atom stereocenters. The van der Waals surface area contributed by atoms with Crippen molar-refractivity contribution in [3.63, 3.8) is 0 Å². The lowest BCUT2D eigenvalue weighted by molar-refractivity contribution is -0.138. The van der Waals surface area contributed by atoms with Gasteiger partial charge in [0.05, 0.1) is 23.7 Å². The number of amides is 2. The molecule has 3 aromatic rings. The van der Waals surface area contributed by atoms with E-state index in [1.54, 1.807) is 11.3 Å². The first kappa shape index (κ1) is 24.0. The zero-order valence-corrected chi connectivity index (χ0v) is 19.1. The summed E-state index contributed by atoms with van der Waals surface area (Å²) in [5.74, 6) is -0.789. The minimum atomic E-state index is -4.59. The first-order valence-electron chi connectivity index (χ1n) is 10.9. The highest BCUT2D eigenvalue weighted by atomic mass is 32.1. The number of alkyl halides is 3. The average Bonchev–Trinajstić information content (AvgIpc) is 3.37. The molecular formula is C25H24F3N3O2S. The van der Waals surface area contributed by atoms with E-state index in [1.165, 1.54) is 23.1 Å². The molecule has 1 fully saturated rings. The summed E-state index contributed by atoms with van der Waals surface area (Å²) < 4.78 is 39.9. The highest BCUT2D eigenvalue weighted by Crippen LogP contribution is 2.32. The number of halogens is 3. The normalized spacial score (nSPS) is 15.7. The summed E-state index contributed by atoms with van der Waals surface area (Å²) >= 11 is 1.57. The van der Waals surface area contributed by atoms with Crippen molar-refractivity contribution >= 4 is 23.2 Å². The lowest BCUT2D eigenvalue weighted by atomic mass is 10.1. The number of piperazine rings is 1. The molecule has 1 aromatic heterocycles. The summed E-state index contributed by atoms with van der Waals surface area (Å²) in [6.07, 6.45) is -4.59. The van der Waals surface area contributed by atoms with E-state index in [2.05, 4.69) is 5.32 Å². The fraction of sp³-hybridized carbons (Fsp3) is 0.280. The van der Waals surface area contributed by atoms with Crippen LogP contribution in [0.15, 0.2) is 72.1 Å². The molecule has 178 valence electrons. The molecule has 0 spiro atoms. The van der Waals surface area contributed by atoms with E-state index in [1.807, 2.05) is 52.7 Å². The molecule has 1 aliphatic heterocycles. The predicted octanol–water partition coefficient (Wildman–Crippen LogP) is 4.43. The molecule has 5 nitrogen and oxygen atoms in total. The van der Waals surface area contributed by atoms with Crippen LogP contribution < -0.4 is 5.32 Å². The second-order valence-electron chi connectivity index (χ2n) is 8.04. The van der Waals surface area contributed by atoms with Crippen molar-refractivity contribution in [1.29, 1.82) is 0 Å². The standard InChI is InChI=1S/C25H24F3N3O2S/c26-25(27,28)20-10-5-4-9-19(20)24(33)31-14-12-30(13-15-31)17-22(32)29-23(21-11-6-16-34-21)18-7-2-1-3-8-18/h1-11,16,23H,12-15,17H2,(H,29,32). The van der Waals surface area contributed by atoms with Crippen molar-refractivity contribution in [2.45, 2.75) is 12.2 Å². The minimum Gasteiger partial charge on any atom is -0.343 e. The minimum absolute atomic E-state index is 0.149. The van der Waals surface area contributed by atoms with Crippen LogP contribution in [0.25, 0.3) is 0 Å². The van der Waals surface area contributed by atoms with Crippen LogP contribution in [0, 0.1) is 0 Å². The molecule has 34 heavy (non-hydrogen) atoms. The number of nitrogens with one attached hydrogen (secondary N) is 1. The average molecular weight is 488 g/mol. The van der Waals surface area contributed by atoms with E-state index < -0.39 is 17.6 Å². The molecule has 2 heterocycles. The predicted molar refractivity (Wildman–Crippen MR) is 125 cm³/mol. The Hall–Kier alpha value is -3.17. The van der Waals surface area contributed by atoms with Gasteiger partial charge in [0.2, 0.25) is 5.91 Å². The van der Waals surface area contributed by atoms with Gasteiger partial charge in [-0.2, -0.15) is 13.2 Å². The largest absolute Gasteiger partial charge is 0.417 e. The summed E-state index contributed by atoms with van der Waals surface area (Å²) in [4.78, 5) is 29.9. The van der Waals surface area contributed by atoms with Crippen LogP contribution in [0.5, 0.6) is 0 Å². The third-order valence-corrected chi connectivity index (χ3v) is 6.69. The second kappa shape index (κ2) is 10.4. The molecule has 0 aliphatic carbocycles. The van der Waals surface area contributed by atoms with Gasteiger partial charge in [-0.15, -0.1) is 11.3 Å². The number of benzene rings is 2. The Balaban J connectivity index is 1.35. The van der Waals surface area contributed by atoms with E-state index >= 15 is 0 Å². The Kier molecular flexibility index (Phi) is 7.33. The Morgan fingerprint density at radius 3 is 2.24 bits per heavy atom. The summed E-state index contributed by atoms with van der Waals surface area (Å²) in [5, 5.41) is 5.05. The fourth-order valence-corrected chi connectivity index (χ4v) is 4.83. The van der Waals surface area contributed by atoms with Crippen LogP contribution >= 0.6 is 11.3 Å². The molecule has 1 saturated heterocycles. The Bertz CT molecular complexity index is 1110. The number of hydrogen-bond acceptors (Lipinski definition) is 4. The topological polar surface area (TPSA) is 52.7 Å². The third-order valence-electron chi connectivity index (χ3n) is 5.76. The van der Waals surface area contributed by atoms with Gasteiger partial charge in [-0.25, -0.2) is 0 Å². The summed E-state index contributed by atoms with van der Waals surface area (Å²) in [6, 6.07) is 18.2. The molecule has 4 rings (SSSR count). The van der Waals surface area contributed by atoms with Gasteiger partial charge in [-0.1, -0.05) is 48.5 Å². The van der Waals surface area contributed by atoms with Crippen molar-refractivity contribution in [2.75, 3.05) is 32.7 Å². The molecule has 1 atom stereocenters. The van der Waals surface area contributed by atoms with Crippen LogP contribution in [0.3, 0.4) is 0 Å². The smallest absolute Gasteiger partial charge is 0.343 e. The molecular weight excluding hydrogens is 463 g/mol. The maximum Gasteiger partial charge on any atom is 0.417 e. The number of hydrogen-bond donors (Lipinski definition) is 1. The van der Waals surface area contributed by atoms with E-state index in [0.29, 0.717) is 13.1 Å². The molecule has 0 radical (unpaired) electrons. The van der Waals surface area contributed by atoms with Crippen molar-refractivity contribution in [2.24, 2.45) is 0 Å². The molecule has 2 amide bonds. The van der Waals surface area contributed by atoms with Crippen molar-refractivity contribution in [3.05, 3.63) is 93.7 Å². The van der Waals surface area contributed by atoms with Crippen molar-refractivity contribution in [3.8, 4) is 0 Å². The molecule has 0 saturated carbocycles. The first-order valence-corrected chi connectivity index (χ1v) is 11.8. The van der Waals surface area contributed by atoms with Gasteiger partial charge >= 0.3 is 6.18 Å². The lowest BCUT2D eigenvalue weighted by Gasteiger charge is -2.35. The van der Waals surface area contributed by atoms with E-state index in [0.717, 1.165) is 16.5 Å². The van der Waals surface area contributed by atoms with Gasteiger partial charge in [-0.3, -0.25) is 14.5 Å². The summed E-state index contributed by atoms with van der Waals surface area (Å²) in [6.45, 7) is 1.47. The molecule has 1 aliphatic rings. The fourth-order valence-electron chi connectivity index (χ4n) is 4.03. The summed E-state index contributed by atoms with van der Waals surface area (Å²) in [5.41, 5.74) is -0.290. The van der Waals surface area contributed by atoms with E-state index in [-0.39, 0.29) is 37.1 Å². The van der Waals surface area contributed by atoms with Crippen LogP contribution in [-0.2, 0) is 11.0 Å². The highest BCUT2D eigenvalue weighted by molar-refractivity contribution is 7.10. The van der Waals surface area contributed by atoms with Crippen LogP contribution in [-0.4, -0.2) is 54.3 Å². The number of thiophene rings is 1. The third kappa shape index (κ3) is 5.66. The monoisotopic (exact) mass is 487 g/mol. The first-order chi connectivity index (χ1) is 16.3. The molecule has 1 N–H and O–H groups in total. The Labute approximate surface area is 199 Å². The van der Waals surface area contributed by atoms with Crippen LogP contribution in [0.2, 0.25) is 0 Å². The van der Waals surface area contributed by atoms with Gasteiger partial charge in [0.25, 0.3) is 5.91 Å². The van der Waals surface area contributed by atoms with Gasteiger partial charge in [-0.05, 0) is 29.1 Å². The number of carbonyl (C=O) groups is 2. The van der Waals surface area contributed by atoms with E-state index in [9.17, 15) is 22.8 Å². The van der Waals surface area contributed by atoms with Gasteiger partial charge < -0.3 is 10.2 Å². The highest BCUT2D eigenvalue weighted by Gasteiger charge is 2.36. The maximum absolute atomic E-state index is 13.3. The number of nitrogens with zero attached hydrogens (tertiary/aromatic N) is 2. The van der Waals surface area contributed by atoms with Gasteiger partial charge in [0, 0.05) is 31.1 Å². The Morgan fingerprint density at radius 2 is 1.59 bits per heavy atom. The van der Waals surface area contributed by atoms with Crippen molar-refractivity contribution in [1.82, 2.24) is 15.1 Å². The molecule has 2 aromatic carbocycles. The maximum atomic E-state index is 13.3. The zero-order valence-electron chi connectivity index (χ0n) is 18.3. The summed E-state index contributed by atoms with van der Waals surface area (Å²) in [7, 11) is 0. The second-order valence-corrected chi connectivity index (χ2v) is 9.02. The SMILES string of the molecule is O=C(CN1CCN(C(=O)c2ccccc2C(F)(F)F)CC1)NC(c1ccccc1)c1cccs1. The lowest BCUT2D eigenvalue weighted by Crippen LogP contribution is -2.51. The molecule has 9 heteroatoms. The van der Waals surface area contributed by atoms with E-state index in [4.69, 9.17) is 0 Å². The quantitative estimate of drug-likeness (QED) is 0.560.